The van der Waals surface area contributed by atoms with Crippen LogP contribution in [0.2, 0.25) is 15.1 Å². The van der Waals surface area contributed by atoms with Crippen LogP contribution in [0.5, 0.6) is 11.5 Å². The van der Waals surface area contributed by atoms with Gasteiger partial charge >= 0.3 is 0 Å². The number of carbonyl (C=O) groups excluding carboxylic acids is 2. The molecule has 10 heteroatoms. The zero-order valence-corrected chi connectivity index (χ0v) is 20.2. The molecular weight excluding hydrogens is 501 g/mol. The lowest BCUT2D eigenvalue weighted by molar-refractivity contribution is -0.118. The van der Waals surface area contributed by atoms with Crippen LogP contribution in [0.4, 0.5) is 5.69 Å². The molecule has 3 aromatic rings. The summed E-state index contributed by atoms with van der Waals surface area (Å²) >= 11 is 18.0. The summed E-state index contributed by atoms with van der Waals surface area (Å²) in [5.74, 6) is -0.219. The predicted molar refractivity (Wildman–Crippen MR) is 135 cm³/mol. The Kier molecular flexibility index (Phi) is 9.16. The van der Waals surface area contributed by atoms with E-state index < -0.39 is 5.91 Å². The molecule has 0 saturated heterocycles. The average Bonchev–Trinajstić information content (AvgIpc) is 2.80. The van der Waals surface area contributed by atoms with Crippen LogP contribution in [0.1, 0.15) is 22.8 Å². The number of hydrogen-bond acceptors (Lipinski definition) is 5. The maximum atomic E-state index is 12.2. The van der Waals surface area contributed by atoms with Gasteiger partial charge in [0.15, 0.2) is 18.1 Å². The molecule has 0 spiro atoms. The quantitative estimate of drug-likeness (QED) is 0.274. The third kappa shape index (κ3) is 7.38. The van der Waals surface area contributed by atoms with Gasteiger partial charge in [-0.05, 0) is 73.2 Å². The van der Waals surface area contributed by atoms with Crippen molar-refractivity contribution in [1.82, 2.24) is 5.43 Å². The minimum atomic E-state index is -0.393. The van der Waals surface area contributed by atoms with Gasteiger partial charge in [0, 0.05) is 21.3 Å². The lowest BCUT2D eigenvalue weighted by atomic mass is 10.2. The number of anilines is 1. The van der Waals surface area contributed by atoms with Crippen molar-refractivity contribution < 1.29 is 19.1 Å². The van der Waals surface area contributed by atoms with Crippen LogP contribution in [-0.2, 0) is 4.79 Å². The van der Waals surface area contributed by atoms with Crippen LogP contribution in [0.25, 0.3) is 0 Å². The van der Waals surface area contributed by atoms with E-state index in [1.807, 2.05) is 0 Å². The molecule has 0 aromatic heterocycles. The summed E-state index contributed by atoms with van der Waals surface area (Å²) in [6.45, 7) is 1.86. The summed E-state index contributed by atoms with van der Waals surface area (Å²) in [6.07, 6.45) is 1.42. The van der Waals surface area contributed by atoms with Crippen LogP contribution in [0.3, 0.4) is 0 Å². The van der Waals surface area contributed by atoms with Gasteiger partial charge in [-0.25, -0.2) is 5.43 Å². The predicted octanol–water partition coefficient (Wildman–Crippen LogP) is 5.83. The van der Waals surface area contributed by atoms with Crippen molar-refractivity contribution in [3.8, 4) is 11.5 Å². The van der Waals surface area contributed by atoms with E-state index in [-0.39, 0.29) is 23.3 Å². The van der Waals surface area contributed by atoms with E-state index in [1.54, 1.807) is 67.6 Å². The molecule has 3 rings (SSSR count). The van der Waals surface area contributed by atoms with E-state index in [1.165, 1.54) is 6.21 Å². The zero-order valence-electron chi connectivity index (χ0n) is 18.0. The molecule has 2 amide bonds. The second-order valence-corrected chi connectivity index (χ2v) is 8.09. The molecule has 0 unspecified atom stereocenters. The molecule has 0 atom stereocenters. The number of hydrazone groups is 1. The van der Waals surface area contributed by atoms with Crippen molar-refractivity contribution >= 4 is 58.5 Å². The number of ether oxygens (including phenoxy) is 2. The van der Waals surface area contributed by atoms with Gasteiger partial charge in [0.1, 0.15) is 0 Å². The van der Waals surface area contributed by atoms with E-state index in [9.17, 15) is 9.59 Å². The van der Waals surface area contributed by atoms with Crippen LogP contribution < -0.4 is 20.2 Å². The van der Waals surface area contributed by atoms with Crippen molar-refractivity contribution in [2.45, 2.75) is 6.92 Å². The van der Waals surface area contributed by atoms with Crippen LogP contribution >= 0.6 is 34.8 Å². The minimum Gasteiger partial charge on any atom is -0.490 e. The number of amides is 2. The van der Waals surface area contributed by atoms with Gasteiger partial charge in [0.2, 0.25) is 0 Å². The van der Waals surface area contributed by atoms with Crippen LogP contribution in [-0.4, -0.2) is 31.2 Å². The molecule has 0 radical (unpaired) electrons. The molecule has 0 aliphatic rings. The van der Waals surface area contributed by atoms with Gasteiger partial charge in [-0.3, -0.25) is 9.59 Å². The summed E-state index contributed by atoms with van der Waals surface area (Å²) in [5.41, 5.74) is 3.99. The molecule has 0 heterocycles. The second kappa shape index (κ2) is 12.3. The lowest BCUT2D eigenvalue weighted by Gasteiger charge is -2.14. The molecular formula is C24H20Cl3N3O4. The van der Waals surface area contributed by atoms with E-state index in [0.29, 0.717) is 39.2 Å². The smallest absolute Gasteiger partial charge is 0.271 e. The first kappa shape index (κ1) is 25.4. The SMILES string of the molecule is CCOc1cc(/C=N/NC(=O)c2ccc(Cl)cc2)cc(Cl)c1OCC(=O)Nc1ccc(Cl)cc1. The fraction of sp³-hybridized carbons (Fsp3) is 0.125. The maximum absolute atomic E-state index is 12.2. The highest BCUT2D eigenvalue weighted by molar-refractivity contribution is 6.32. The number of carbonyl (C=O) groups is 2. The number of hydrogen-bond donors (Lipinski definition) is 2. The molecule has 3 aromatic carbocycles. The molecule has 176 valence electrons. The Balaban J connectivity index is 1.65. The van der Waals surface area contributed by atoms with Crippen molar-refractivity contribution in [2.24, 2.45) is 5.10 Å². The fourth-order valence-corrected chi connectivity index (χ4v) is 3.29. The minimum absolute atomic E-state index is 0.218. The molecule has 34 heavy (non-hydrogen) atoms. The Morgan fingerprint density at radius 1 is 0.941 bits per heavy atom. The Morgan fingerprint density at radius 2 is 1.59 bits per heavy atom. The topological polar surface area (TPSA) is 89.0 Å². The number of benzene rings is 3. The zero-order chi connectivity index (χ0) is 24.5. The van der Waals surface area contributed by atoms with Gasteiger partial charge in [-0.2, -0.15) is 5.10 Å². The summed E-state index contributed by atoms with van der Waals surface area (Å²) in [5, 5.41) is 7.97. The molecule has 0 bridgehead atoms. The first-order valence-corrected chi connectivity index (χ1v) is 11.2. The van der Waals surface area contributed by atoms with Crippen LogP contribution in [0, 0.1) is 0 Å². The van der Waals surface area contributed by atoms with Crippen molar-refractivity contribution in [3.05, 3.63) is 86.9 Å². The lowest BCUT2D eigenvalue weighted by Crippen LogP contribution is -2.20. The normalized spacial score (nSPS) is 10.7. The molecule has 0 aliphatic carbocycles. The van der Waals surface area contributed by atoms with Crippen molar-refractivity contribution in [3.63, 3.8) is 0 Å². The molecule has 0 aliphatic heterocycles. The third-order valence-electron chi connectivity index (χ3n) is 4.29. The number of halogens is 3. The monoisotopic (exact) mass is 519 g/mol. The average molecular weight is 521 g/mol. The summed E-state index contributed by atoms with van der Waals surface area (Å²) in [4.78, 5) is 24.4. The highest BCUT2D eigenvalue weighted by Crippen LogP contribution is 2.36. The number of nitrogens with zero attached hydrogens (tertiary/aromatic N) is 1. The Bertz CT molecular complexity index is 1180. The molecule has 0 saturated carbocycles. The van der Waals surface area contributed by atoms with Gasteiger partial charge in [-0.1, -0.05) is 34.8 Å². The second-order valence-electron chi connectivity index (χ2n) is 6.81. The first-order valence-electron chi connectivity index (χ1n) is 10.1. The van der Waals surface area contributed by atoms with E-state index in [0.717, 1.165) is 0 Å². The summed E-state index contributed by atoms with van der Waals surface area (Å²) in [7, 11) is 0. The standard InChI is InChI=1S/C24H20Cl3N3O4/c1-2-33-21-12-15(13-28-30-24(32)16-3-5-17(25)6-4-16)11-20(27)23(21)34-14-22(31)29-19-9-7-18(26)8-10-19/h3-13H,2,14H2,1H3,(H,29,31)(H,30,32)/b28-13+. The summed E-state index contributed by atoms with van der Waals surface area (Å²) in [6, 6.07) is 16.3. The maximum Gasteiger partial charge on any atom is 0.271 e. The van der Waals surface area contributed by atoms with Gasteiger partial charge < -0.3 is 14.8 Å². The first-order chi connectivity index (χ1) is 16.4. The van der Waals surface area contributed by atoms with E-state index in [2.05, 4.69) is 15.8 Å². The van der Waals surface area contributed by atoms with Crippen molar-refractivity contribution in [2.75, 3.05) is 18.5 Å². The Morgan fingerprint density at radius 3 is 2.24 bits per heavy atom. The van der Waals surface area contributed by atoms with Crippen LogP contribution in [0.15, 0.2) is 65.8 Å². The third-order valence-corrected chi connectivity index (χ3v) is 5.08. The molecule has 2 N–H and O–H groups in total. The fourth-order valence-electron chi connectivity index (χ4n) is 2.76. The highest BCUT2D eigenvalue weighted by atomic mass is 35.5. The van der Waals surface area contributed by atoms with Crippen molar-refractivity contribution in [1.29, 1.82) is 0 Å². The summed E-state index contributed by atoms with van der Waals surface area (Å²) < 4.78 is 11.2. The van der Waals surface area contributed by atoms with Gasteiger partial charge in [0.25, 0.3) is 11.8 Å². The van der Waals surface area contributed by atoms with E-state index in [4.69, 9.17) is 44.3 Å². The molecule has 7 nitrogen and oxygen atoms in total. The number of nitrogens with one attached hydrogen (secondary N) is 2. The van der Waals surface area contributed by atoms with Gasteiger partial charge in [-0.15, -0.1) is 0 Å². The molecule has 0 fully saturated rings. The Hall–Kier alpha value is -3.26. The Labute approximate surface area is 211 Å². The largest absolute Gasteiger partial charge is 0.490 e. The van der Waals surface area contributed by atoms with Gasteiger partial charge in [0.05, 0.1) is 17.8 Å². The number of rotatable bonds is 9. The van der Waals surface area contributed by atoms with E-state index >= 15 is 0 Å². The highest BCUT2D eigenvalue weighted by Gasteiger charge is 2.14.